The van der Waals surface area contributed by atoms with Crippen LogP contribution >= 0.6 is 0 Å². The zero-order chi connectivity index (χ0) is 11.7. The van der Waals surface area contributed by atoms with Gasteiger partial charge < -0.3 is 15.1 Å². The number of oxazole rings is 1. The molecule has 0 fully saturated rings. The molecule has 1 aromatic heterocycles. The number of benzene rings is 1. The maximum absolute atomic E-state index is 5.67. The third-order valence-electron chi connectivity index (χ3n) is 2.84. The van der Waals surface area contributed by atoms with Crippen LogP contribution in [0.4, 0.5) is 6.01 Å². The summed E-state index contributed by atoms with van der Waals surface area (Å²) in [5.41, 5.74) is 8.51. The Hall–Kier alpha value is -1.55. The first-order valence-electron chi connectivity index (χ1n) is 5.42. The van der Waals surface area contributed by atoms with Gasteiger partial charge in [-0.15, -0.1) is 0 Å². The fourth-order valence-corrected chi connectivity index (χ4v) is 1.52. The molecule has 0 amide bonds. The van der Waals surface area contributed by atoms with Crippen LogP contribution in [0.1, 0.15) is 12.5 Å². The first-order chi connectivity index (χ1) is 7.61. The van der Waals surface area contributed by atoms with Gasteiger partial charge in [0, 0.05) is 19.6 Å². The summed E-state index contributed by atoms with van der Waals surface area (Å²) in [5.74, 6) is 0. The molecular weight excluding hydrogens is 202 g/mol. The SMILES string of the molecule is Cc1ccc2oc(N(C)C(C)CN)nc2c1. The molecule has 1 aromatic carbocycles. The van der Waals surface area contributed by atoms with E-state index in [4.69, 9.17) is 10.2 Å². The molecule has 2 rings (SSSR count). The first-order valence-corrected chi connectivity index (χ1v) is 5.42. The topological polar surface area (TPSA) is 55.3 Å². The minimum atomic E-state index is 0.217. The van der Waals surface area contributed by atoms with E-state index >= 15 is 0 Å². The lowest BCUT2D eigenvalue weighted by molar-refractivity contribution is 0.551. The number of fused-ring (bicyclic) bond motifs is 1. The number of likely N-dealkylation sites (N-methyl/N-ethyl adjacent to an activating group) is 1. The van der Waals surface area contributed by atoms with Crippen molar-refractivity contribution in [3.8, 4) is 0 Å². The molecule has 0 saturated carbocycles. The molecule has 0 aliphatic heterocycles. The summed E-state index contributed by atoms with van der Waals surface area (Å²) in [5, 5.41) is 0. The first kappa shape index (κ1) is 11.0. The number of aromatic nitrogens is 1. The highest BCUT2D eigenvalue weighted by Crippen LogP contribution is 2.22. The van der Waals surface area contributed by atoms with Gasteiger partial charge in [-0.1, -0.05) is 6.07 Å². The van der Waals surface area contributed by atoms with Crippen molar-refractivity contribution in [1.82, 2.24) is 4.98 Å². The van der Waals surface area contributed by atoms with E-state index in [0.29, 0.717) is 12.6 Å². The van der Waals surface area contributed by atoms with Crippen LogP contribution in [0, 0.1) is 6.92 Å². The Kier molecular flexibility index (Phi) is 2.83. The largest absolute Gasteiger partial charge is 0.423 e. The lowest BCUT2D eigenvalue weighted by atomic mass is 10.2. The summed E-state index contributed by atoms with van der Waals surface area (Å²) in [6.45, 7) is 4.66. The van der Waals surface area contributed by atoms with E-state index in [9.17, 15) is 0 Å². The van der Waals surface area contributed by atoms with Gasteiger partial charge in [-0.3, -0.25) is 0 Å². The summed E-state index contributed by atoms with van der Waals surface area (Å²) in [7, 11) is 1.94. The Morgan fingerprint density at radius 1 is 1.50 bits per heavy atom. The summed E-state index contributed by atoms with van der Waals surface area (Å²) < 4.78 is 5.67. The van der Waals surface area contributed by atoms with Crippen LogP contribution in [-0.2, 0) is 0 Å². The maximum atomic E-state index is 5.67. The highest BCUT2D eigenvalue weighted by molar-refractivity contribution is 5.75. The van der Waals surface area contributed by atoms with Gasteiger partial charge in [0.2, 0.25) is 0 Å². The summed E-state index contributed by atoms with van der Waals surface area (Å²) in [4.78, 5) is 6.40. The van der Waals surface area contributed by atoms with Gasteiger partial charge in [-0.25, -0.2) is 0 Å². The predicted molar refractivity (Wildman–Crippen MR) is 65.7 cm³/mol. The van der Waals surface area contributed by atoms with Crippen LogP contribution in [0.3, 0.4) is 0 Å². The van der Waals surface area contributed by atoms with Crippen LogP contribution in [0.5, 0.6) is 0 Å². The molecule has 86 valence electrons. The van der Waals surface area contributed by atoms with Crippen LogP contribution < -0.4 is 10.6 Å². The molecule has 4 heteroatoms. The smallest absolute Gasteiger partial charge is 0.298 e. The Morgan fingerprint density at radius 2 is 2.25 bits per heavy atom. The fourth-order valence-electron chi connectivity index (χ4n) is 1.52. The van der Waals surface area contributed by atoms with E-state index in [0.717, 1.165) is 11.1 Å². The third-order valence-corrected chi connectivity index (χ3v) is 2.84. The van der Waals surface area contributed by atoms with E-state index < -0.39 is 0 Å². The molecular formula is C12H17N3O. The van der Waals surface area contributed by atoms with Crippen LogP contribution in [0.25, 0.3) is 11.1 Å². The molecule has 0 saturated heterocycles. The number of nitrogens with two attached hydrogens (primary N) is 1. The van der Waals surface area contributed by atoms with Crippen LogP contribution in [-0.4, -0.2) is 24.6 Å². The molecule has 16 heavy (non-hydrogen) atoms. The number of rotatable bonds is 3. The van der Waals surface area contributed by atoms with E-state index in [1.165, 1.54) is 5.56 Å². The standard InChI is InChI=1S/C12H17N3O/c1-8-4-5-11-10(6-8)14-12(16-11)15(3)9(2)7-13/h4-6,9H,7,13H2,1-3H3. The monoisotopic (exact) mass is 219 g/mol. The molecule has 1 heterocycles. The molecule has 0 aliphatic rings. The molecule has 0 bridgehead atoms. The van der Waals surface area contributed by atoms with E-state index in [1.807, 2.05) is 44.0 Å². The average Bonchev–Trinajstić information content (AvgIpc) is 2.69. The van der Waals surface area contributed by atoms with Crippen molar-refractivity contribution < 1.29 is 4.42 Å². The Morgan fingerprint density at radius 3 is 2.94 bits per heavy atom. The molecule has 0 radical (unpaired) electrons. The summed E-state index contributed by atoms with van der Waals surface area (Å²) >= 11 is 0. The quantitative estimate of drug-likeness (QED) is 0.856. The summed E-state index contributed by atoms with van der Waals surface area (Å²) in [6.07, 6.45) is 0. The maximum Gasteiger partial charge on any atom is 0.298 e. The van der Waals surface area contributed by atoms with Crippen molar-refractivity contribution in [3.63, 3.8) is 0 Å². The van der Waals surface area contributed by atoms with Gasteiger partial charge in [-0.2, -0.15) is 4.98 Å². The van der Waals surface area contributed by atoms with Crippen molar-refractivity contribution in [2.24, 2.45) is 5.73 Å². The molecule has 2 aromatic rings. The molecule has 2 N–H and O–H groups in total. The zero-order valence-electron chi connectivity index (χ0n) is 9.90. The second-order valence-corrected chi connectivity index (χ2v) is 4.16. The minimum absolute atomic E-state index is 0.217. The normalized spacial score (nSPS) is 13.0. The van der Waals surface area contributed by atoms with Crippen molar-refractivity contribution in [3.05, 3.63) is 23.8 Å². The van der Waals surface area contributed by atoms with Gasteiger partial charge in [0.05, 0.1) is 0 Å². The average molecular weight is 219 g/mol. The number of nitrogens with zero attached hydrogens (tertiary/aromatic N) is 2. The molecule has 0 spiro atoms. The van der Waals surface area contributed by atoms with Crippen molar-refractivity contribution >= 4 is 17.1 Å². The van der Waals surface area contributed by atoms with Crippen LogP contribution in [0.15, 0.2) is 22.6 Å². The van der Waals surface area contributed by atoms with Crippen molar-refractivity contribution in [2.45, 2.75) is 19.9 Å². The molecule has 0 aliphatic carbocycles. The zero-order valence-corrected chi connectivity index (χ0v) is 9.90. The Labute approximate surface area is 95.1 Å². The van der Waals surface area contributed by atoms with Gasteiger partial charge in [0.15, 0.2) is 5.58 Å². The van der Waals surface area contributed by atoms with Gasteiger partial charge in [-0.05, 0) is 31.5 Å². The van der Waals surface area contributed by atoms with Crippen LogP contribution in [0.2, 0.25) is 0 Å². The highest BCUT2D eigenvalue weighted by atomic mass is 16.4. The molecule has 1 atom stereocenters. The van der Waals surface area contributed by atoms with Gasteiger partial charge >= 0.3 is 0 Å². The van der Waals surface area contributed by atoms with Gasteiger partial charge in [0.25, 0.3) is 6.01 Å². The summed E-state index contributed by atoms with van der Waals surface area (Å²) in [6, 6.07) is 6.82. The van der Waals surface area contributed by atoms with Crippen molar-refractivity contribution in [1.29, 1.82) is 0 Å². The fraction of sp³-hybridized carbons (Fsp3) is 0.417. The van der Waals surface area contributed by atoms with E-state index in [2.05, 4.69) is 4.98 Å². The van der Waals surface area contributed by atoms with Crippen molar-refractivity contribution in [2.75, 3.05) is 18.5 Å². The minimum Gasteiger partial charge on any atom is -0.423 e. The number of hydrogen-bond donors (Lipinski definition) is 1. The third kappa shape index (κ3) is 1.88. The number of anilines is 1. The molecule has 4 nitrogen and oxygen atoms in total. The Bertz CT molecular complexity index is 492. The second kappa shape index (κ2) is 4.14. The molecule has 1 unspecified atom stereocenters. The lowest BCUT2D eigenvalue weighted by Crippen LogP contribution is -2.35. The number of hydrogen-bond acceptors (Lipinski definition) is 4. The second-order valence-electron chi connectivity index (χ2n) is 4.16. The lowest BCUT2D eigenvalue weighted by Gasteiger charge is -2.20. The Balaban J connectivity index is 2.39. The van der Waals surface area contributed by atoms with E-state index in [-0.39, 0.29) is 6.04 Å². The van der Waals surface area contributed by atoms with E-state index in [1.54, 1.807) is 0 Å². The number of aryl methyl sites for hydroxylation is 1. The highest BCUT2D eigenvalue weighted by Gasteiger charge is 2.14. The van der Waals surface area contributed by atoms with Gasteiger partial charge in [0.1, 0.15) is 5.52 Å². The predicted octanol–water partition coefficient (Wildman–Crippen LogP) is 1.92.